The Labute approximate surface area is 61.2 Å². The van der Waals surface area contributed by atoms with Crippen LogP contribution >= 0.6 is 0 Å². The van der Waals surface area contributed by atoms with Crippen molar-refractivity contribution in [3.8, 4) is 0 Å². The Balaban J connectivity index is 2.08. The zero-order chi connectivity index (χ0) is 7.56. The summed E-state index contributed by atoms with van der Waals surface area (Å²) in [5.74, 6) is 0.673. The Morgan fingerprint density at radius 3 is 2.50 bits per heavy atom. The lowest BCUT2D eigenvalue weighted by Crippen LogP contribution is -2.25. The van der Waals surface area contributed by atoms with E-state index in [0.717, 1.165) is 18.8 Å². The Morgan fingerprint density at radius 2 is 2.10 bits per heavy atom. The van der Waals surface area contributed by atoms with Gasteiger partial charge in [-0.15, -0.1) is 0 Å². The standard InChI is InChI=1S/C8H14O2/c1-2-6-3-7(4-6)5-8(9)10/h6-7H,2-5H2,1H3,(H,9,10). The molecule has 0 heterocycles. The summed E-state index contributed by atoms with van der Waals surface area (Å²) in [6.45, 7) is 2.17. The van der Waals surface area contributed by atoms with E-state index in [0.29, 0.717) is 12.3 Å². The van der Waals surface area contributed by atoms with Gasteiger partial charge in [0, 0.05) is 6.42 Å². The van der Waals surface area contributed by atoms with Gasteiger partial charge in [-0.2, -0.15) is 0 Å². The molecule has 0 unspecified atom stereocenters. The number of carboxylic acids is 1. The van der Waals surface area contributed by atoms with Gasteiger partial charge in [0.05, 0.1) is 0 Å². The Hall–Kier alpha value is -0.530. The summed E-state index contributed by atoms with van der Waals surface area (Å²) >= 11 is 0. The highest BCUT2D eigenvalue weighted by Crippen LogP contribution is 2.37. The zero-order valence-corrected chi connectivity index (χ0v) is 6.34. The molecule has 1 aliphatic carbocycles. The van der Waals surface area contributed by atoms with Crippen LogP contribution in [0.15, 0.2) is 0 Å². The van der Waals surface area contributed by atoms with Gasteiger partial charge in [0.2, 0.25) is 0 Å². The summed E-state index contributed by atoms with van der Waals surface area (Å²) in [6, 6.07) is 0. The topological polar surface area (TPSA) is 37.3 Å². The van der Waals surface area contributed by atoms with Gasteiger partial charge in [0.15, 0.2) is 0 Å². The van der Waals surface area contributed by atoms with Crippen molar-refractivity contribution < 1.29 is 9.90 Å². The van der Waals surface area contributed by atoms with E-state index in [1.165, 1.54) is 6.42 Å². The predicted molar refractivity (Wildman–Crippen MR) is 38.8 cm³/mol. The third-order valence-corrected chi connectivity index (χ3v) is 2.37. The lowest BCUT2D eigenvalue weighted by molar-refractivity contribution is -0.139. The minimum atomic E-state index is -0.639. The van der Waals surface area contributed by atoms with Crippen LogP contribution < -0.4 is 0 Å². The smallest absolute Gasteiger partial charge is 0.303 e. The summed E-state index contributed by atoms with van der Waals surface area (Å²) in [5, 5.41) is 8.41. The molecule has 10 heavy (non-hydrogen) atoms. The fourth-order valence-electron chi connectivity index (χ4n) is 1.62. The first-order chi connectivity index (χ1) is 4.72. The quantitative estimate of drug-likeness (QED) is 0.653. The van der Waals surface area contributed by atoms with E-state index in [1.54, 1.807) is 0 Å². The maximum absolute atomic E-state index is 10.2. The molecule has 0 aromatic rings. The zero-order valence-electron chi connectivity index (χ0n) is 6.34. The SMILES string of the molecule is CCC1CC(CC(=O)O)C1. The molecule has 1 fully saturated rings. The summed E-state index contributed by atoms with van der Waals surface area (Å²) in [7, 11) is 0. The van der Waals surface area contributed by atoms with E-state index in [9.17, 15) is 4.79 Å². The molecule has 0 amide bonds. The van der Waals surface area contributed by atoms with E-state index in [4.69, 9.17) is 5.11 Å². The fourth-order valence-corrected chi connectivity index (χ4v) is 1.62. The van der Waals surface area contributed by atoms with Gasteiger partial charge in [-0.1, -0.05) is 13.3 Å². The van der Waals surface area contributed by atoms with Crippen molar-refractivity contribution >= 4 is 5.97 Å². The summed E-state index contributed by atoms with van der Waals surface area (Å²) in [6.07, 6.45) is 3.89. The molecule has 0 aromatic heterocycles. The highest BCUT2D eigenvalue weighted by Gasteiger charge is 2.28. The van der Waals surface area contributed by atoms with Crippen LogP contribution in [0.5, 0.6) is 0 Å². The molecule has 58 valence electrons. The fraction of sp³-hybridized carbons (Fsp3) is 0.875. The van der Waals surface area contributed by atoms with Gasteiger partial charge in [-0.3, -0.25) is 4.79 Å². The largest absolute Gasteiger partial charge is 0.481 e. The average Bonchev–Trinajstić information content (AvgIpc) is 1.76. The van der Waals surface area contributed by atoms with E-state index < -0.39 is 5.97 Å². The van der Waals surface area contributed by atoms with E-state index >= 15 is 0 Å². The van der Waals surface area contributed by atoms with Crippen LogP contribution in [0.25, 0.3) is 0 Å². The lowest BCUT2D eigenvalue weighted by atomic mass is 9.72. The third-order valence-electron chi connectivity index (χ3n) is 2.37. The lowest BCUT2D eigenvalue weighted by Gasteiger charge is -2.33. The molecular weight excluding hydrogens is 128 g/mol. The second kappa shape index (κ2) is 3.04. The second-order valence-electron chi connectivity index (χ2n) is 3.21. The number of rotatable bonds is 3. The minimum Gasteiger partial charge on any atom is -0.481 e. The number of aliphatic carboxylic acids is 1. The highest BCUT2D eigenvalue weighted by atomic mass is 16.4. The van der Waals surface area contributed by atoms with Crippen LogP contribution in [-0.4, -0.2) is 11.1 Å². The van der Waals surface area contributed by atoms with Crippen molar-refractivity contribution in [2.45, 2.75) is 32.6 Å². The first-order valence-electron chi connectivity index (χ1n) is 3.94. The van der Waals surface area contributed by atoms with Crippen LogP contribution in [0.3, 0.4) is 0 Å². The van der Waals surface area contributed by atoms with E-state index in [-0.39, 0.29) is 0 Å². The van der Waals surface area contributed by atoms with Crippen LogP contribution in [0.4, 0.5) is 0 Å². The van der Waals surface area contributed by atoms with Gasteiger partial charge in [0.25, 0.3) is 0 Å². The normalized spacial score (nSPS) is 31.3. The van der Waals surface area contributed by atoms with Gasteiger partial charge < -0.3 is 5.11 Å². The van der Waals surface area contributed by atoms with Crippen LogP contribution in [-0.2, 0) is 4.79 Å². The minimum absolute atomic E-state index is 0.385. The molecule has 2 nitrogen and oxygen atoms in total. The van der Waals surface area contributed by atoms with Crippen molar-refractivity contribution in [2.75, 3.05) is 0 Å². The van der Waals surface area contributed by atoms with E-state index in [2.05, 4.69) is 6.92 Å². The monoisotopic (exact) mass is 142 g/mol. The first kappa shape index (κ1) is 7.58. The van der Waals surface area contributed by atoms with Crippen molar-refractivity contribution in [1.29, 1.82) is 0 Å². The maximum Gasteiger partial charge on any atom is 0.303 e. The number of carboxylic acid groups (broad SMARTS) is 1. The average molecular weight is 142 g/mol. The van der Waals surface area contributed by atoms with Crippen molar-refractivity contribution in [3.63, 3.8) is 0 Å². The molecule has 1 rings (SSSR count). The number of carbonyl (C=O) groups is 1. The molecule has 2 heteroatoms. The molecule has 1 saturated carbocycles. The maximum atomic E-state index is 10.2. The second-order valence-corrected chi connectivity index (χ2v) is 3.21. The number of hydrogen-bond donors (Lipinski definition) is 1. The molecule has 0 aliphatic heterocycles. The summed E-state index contributed by atoms with van der Waals surface area (Å²) < 4.78 is 0. The van der Waals surface area contributed by atoms with Gasteiger partial charge in [0.1, 0.15) is 0 Å². The molecule has 0 saturated heterocycles. The van der Waals surface area contributed by atoms with Crippen molar-refractivity contribution in [2.24, 2.45) is 11.8 Å². The third kappa shape index (κ3) is 1.72. The molecule has 1 aliphatic rings. The molecule has 0 aromatic carbocycles. The van der Waals surface area contributed by atoms with Crippen LogP contribution in [0.1, 0.15) is 32.6 Å². The van der Waals surface area contributed by atoms with Crippen molar-refractivity contribution in [1.82, 2.24) is 0 Å². The molecule has 0 atom stereocenters. The van der Waals surface area contributed by atoms with E-state index in [1.807, 2.05) is 0 Å². The van der Waals surface area contributed by atoms with Crippen LogP contribution in [0.2, 0.25) is 0 Å². The summed E-state index contributed by atoms with van der Waals surface area (Å²) in [5.41, 5.74) is 0. The Morgan fingerprint density at radius 1 is 1.50 bits per heavy atom. The first-order valence-corrected chi connectivity index (χ1v) is 3.94. The molecular formula is C8H14O2. The Kier molecular flexibility index (Phi) is 2.30. The molecule has 0 radical (unpaired) electrons. The van der Waals surface area contributed by atoms with Crippen LogP contribution in [0, 0.1) is 11.8 Å². The number of hydrogen-bond acceptors (Lipinski definition) is 1. The van der Waals surface area contributed by atoms with Gasteiger partial charge in [-0.25, -0.2) is 0 Å². The Bertz CT molecular complexity index is 125. The molecule has 1 N–H and O–H groups in total. The summed E-state index contributed by atoms with van der Waals surface area (Å²) in [4.78, 5) is 10.2. The van der Waals surface area contributed by atoms with Gasteiger partial charge >= 0.3 is 5.97 Å². The molecule has 0 spiro atoms. The van der Waals surface area contributed by atoms with Crippen molar-refractivity contribution in [3.05, 3.63) is 0 Å². The molecule has 0 bridgehead atoms. The van der Waals surface area contributed by atoms with Gasteiger partial charge in [-0.05, 0) is 24.7 Å². The highest BCUT2D eigenvalue weighted by molar-refractivity contribution is 5.67. The predicted octanol–water partition coefficient (Wildman–Crippen LogP) is 1.90.